The number of benzene rings is 3. The Labute approximate surface area is 263 Å². The second kappa shape index (κ2) is 13.0. The van der Waals surface area contributed by atoms with Crippen LogP contribution in [0.2, 0.25) is 10.0 Å². The van der Waals surface area contributed by atoms with Crippen LogP contribution in [-0.2, 0) is 21.0 Å². The molecule has 0 radical (unpaired) electrons. The third-order valence-corrected chi connectivity index (χ3v) is 9.58. The van der Waals surface area contributed by atoms with Crippen molar-refractivity contribution in [1.82, 2.24) is 14.5 Å². The van der Waals surface area contributed by atoms with Gasteiger partial charge in [-0.25, -0.2) is 12.7 Å². The molecule has 8 nitrogen and oxygen atoms in total. The van der Waals surface area contributed by atoms with Crippen molar-refractivity contribution in [1.29, 1.82) is 0 Å². The molecule has 1 saturated heterocycles. The number of alkyl halides is 3. The Morgan fingerprint density at radius 3 is 2.23 bits per heavy atom. The molecule has 2 aliphatic heterocycles. The van der Waals surface area contributed by atoms with Crippen LogP contribution in [0.5, 0.6) is 5.75 Å². The molecular formula is C30H29Cl2F3N4O4S. The monoisotopic (exact) mass is 668 g/mol. The summed E-state index contributed by atoms with van der Waals surface area (Å²) in [7, 11) is -4.21. The Balaban J connectivity index is 1.67. The minimum atomic E-state index is -4.65. The minimum Gasteiger partial charge on any atom is -0.493 e. The summed E-state index contributed by atoms with van der Waals surface area (Å²) >= 11 is 12.3. The second-order valence-electron chi connectivity index (χ2n) is 10.3. The molecule has 14 heteroatoms. The van der Waals surface area contributed by atoms with Crippen molar-refractivity contribution < 1.29 is 31.1 Å². The van der Waals surface area contributed by atoms with E-state index in [1.165, 1.54) is 10.4 Å². The molecule has 0 saturated carbocycles. The molecule has 5 rings (SSSR count). The predicted molar refractivity (Wildman–Crippen MR) is 163 cm³/mol. The van der Waals surface area contributed by atoms with E-state index in [0.717, 1.165) is 12.1 Å². The average Bonchev–Trinajstić information content (AvgIpc) is 3.38. The van der Waals surface area contributed by atoms with Crippen molar-refractivity contribution in [3.63, 3.8) is 0 Å². The third-order valence-electron chi connectivity index (χ3n) is 7.38. The summed E-state index contributed by atoms with van der Waals surface area (Å²) < 4.78 is 76.6. The van der Waals surface area contributed by atoms with E-state index in [0.29, 0.717) is 34.3 Å². The van der Waals surface area contributed by atoms with E-state index in [9.17, 15) is 26.4 Å². The van der Waals surface area contributed by atoms with E-state index in [1.54, 1.807) is 60.4 Å². The Bertz CT molecular complexity index is 1650. The smallest absolute Gasteiger partial charge is 0.416 e. The summed E-state index contributed by atoms with van der Waals surface area (Å²) in [6.45, 7) is 2.64. The molecule has 44 heavy (non-hydrogen) atoms. The number of sulfonamides is 1. The highest BCUT2D eigenvalue weighted by molar-refractivity contribution is 7.89. The first kappa shape index (κ1) is 32.1. The summed E-state index contributed by atoms with van der Waals surface area (Å²) in [5.41, 5.74) is 0.363. The molecule has 3 aromatic rings. The Hall–Kier alpha value is -3.32. The Morgan fingerprint density at radius 1 is 1.00 bits per heavy atom. The van der Waals surface area contributed by atoms with Crippen LogP contribution in [0.4, 0.5) is 13.2 Å². The van der Waals surface area contributed by atoms with Gasteiger partial charge in [-0.3, -0.25) is 14.7 Å². The Morgan fingerprint density at radius 2 is 1.64 bits per heavy atom. The van der Waals surface area contributed by atoms with Crippen molar-refractivity contribution in [2.24, 2.45) is 4.99 Å². The van der Waals surface area contributed by atoms with Crippen molar-refractivity contribution in [3.8, 4) is 5.75 Å². The number of amidine groups is 1. The van der Waals surface area contributed by atoms with E-state index >= 15 is 0 Å². The normalized spacial score (nSPS) is 19.5. The number of ether oxygens (including phenoxy) is 1. The Kier molecular flexibility index (Phi) is 9.45. The maximum Gasteiger partial charge on any atom is 0.416 e. The molecule has 0 aliphatic carbocycles. The van der Waals surface area contributed by atoms with Crippen molar-refractivity contribution >= 4 is 45.0 Å². The zero-order valence-electron chi connectivity index (χ0n) is 23.5. The number of hydrogen-bond acceptors (Lipinski definition) is 6. The van der Waals surface area contributed by atoms with Crippen LogP contribution in [0.1, 0.15) is 41.3 Å². The summed E-state index contributed by atoms with van der Waals surface area (Å²) in [4.78, 5) is 18.5. The molecule has 0 aromatic heterocycles. The van der Waals surface area contributed by atoms with Crippen molar-refractivity contribution in [2.75, 3.05) is 38.5 Å². The zero-order valence-corrected chi connectivity index (χ0v) is 25.8. The second-order valence-corrected chi connectivity index (χ2v) is 13.2. The van der Waals surface area contributed by atoms with Gasteiger partial charge in [0, 0.05) is 29.7 Å². The first-order chi connectivity index (χ1) is 20.9. The third kappa shape index (κ3) is 6.98. The van der Waals surface area contributed by atoms with Crippen LogP contribution in [0, 0.1) is 0 Å². The summed E-state index contributed by atoms with van der Waals surface area (Å²) in [5.74, 6) is -0.787. The number of nitrogens with zero attached hydrogens (tertiary/aromatic N) is 3. The van der Waals surface area contributed by atoms with E-state index in [4.69, 9.17) is 32.9 Å². The van der Waals surface area contributed by atoms with Crippen LogP contribution in [-0.4, -0.2) is 67.9 Å². The number of carbonyl (C=O) groups is 1. The van der Waals surface area contributed by atoms with Gasteiger partial charge in [0.2, 0.25) is 15.9 Å². The lowest BCUT2D eigenvalue weighted by molar-refractivity contribution is -0.137. The molecule has 1 N–H and O–H groups in total. The number of piperazine rings is 1. The number of aliphatic imine (C=N–C) groups is 1. The molecule has 234 valence electrons. The quantitative estimate of drug-likeness (QED) is 0.315. The van der Waals surface area contributed by atoms with Crippen LogP contribution < -0.4 is 10.1 Å². The maximum atomic E-state index is 14.4. The van der Waals surface area contributed by atoms with Crippen LogP contribution in [0.15, 0.2) is 71.7 Å². The highest BCUT2D eigenvalue weighted by atomic mass is 35.5. The van der Waals surface area contributed by atoms with Gasteiger partial charge in [-0.05, 0) is 60.5 Å². The van der Waals surface area contributed by atoms with E-state index < -0.39 is 33.8 Å². The van der Waals surface area contributed by atoms with Gasteiger partial charge in [0.05, 0.1) is 36.1 Å². The molecule has 1 amide bonds. The van der Waals surface area contributed by atoms with Crippen LogP contribution >= 0.6 is 23.2 Å². The fourth-order valence-electron chi connectivity index (χ4n) is 5.29. The van der Waals surface area contributed by atoms with E-state index in [2.05, 4.69) is 5.32 Å². The topological polar surface area (TPSA) is 91.3 Å². The number of rotatable bonds is 9. The molecule has 0 bridgehead atoms. The number of amides is 1. The number of hydrogen-bond donors (Lipinski definition) is 1. The molecule has 1 fully saturated rings. The standard InChI is InChI=1S/C30H29Cl2F3N4O4S/c1-2-43-25-17-21(30(33,34)35)7-12-24(25)29-37-27(19-3-8-22(31)9-4-19)28(20-5-10-23(32)11-6-20)39(29)44(41,42)16-15-38-14-13-36-26(40)18-38/h3-12,17,27-28H,2,13-16,18H2,1H3,(H,36,40). The molecule has 2 aliphatic rings. The summed E-state index contributed by atoms with van der Waals surface area (Å²) in [6, 6.07) is 14.6. The lowest BCUT2D eigenvalue weighted by Crippen LogP contribution is -2.50. The molecular weight excluding hydrogens is 640 g/mol. The van der Waals surface area contributed by atoms with E-state index in [1.807, 2.05) is 0 Å². The lowest BCUT2D eigenvalue weighted by atomic mass is 9.95. The van der Waals surface area contributed by atoms with Crippen molar-refractivity contribution in [3.05, 3.63) is 99.0 Å². The van der Waals surface area contributed by atoms with Gasteiger partial charge in [0.15, 0.2) is 0 Å². The lowest BCUT2D eigenvalue weighted by Gasteiger charge is -2.32. The molecule has 0 spiro atoms. The minimum absolute atomic E-state index is 0.0343. The van der Waals surface area contributed by atoms with Gasteiger partial charge in [-0.2, -0.15) is 13.2 Å². The predicted octanol–water partition coefficient (Wildman–Crippen LogP) is 5.72. The highest BCUT2D eigenvalue weighted by Crippen LogP contribution is 2.47. The van der Waals surface area contributed by atoms with Crippen LogP contribution in [0.3, 0.4) is 0 Å². The largest absolute Gasteiger partial charge is 0.493 e. The molecule has 3 aromatic carbocycles. The number of halogens is 5. The average molecular weight is 670 g/mol. The van der Waals surface area contributed by atoms with Gasteiger partial charge >= 0.3 is 6.18 Å². The van der Waals surface area contributed by atoms with Gasteiger partial charge in [0.25, 0.3) is 0 Å². The van der Waals surface area contributed by atoms with E-state index in [-0.39, 0.29) is 48.5 Å². The van der Waals surface area contributed by atoms with Crippen molar-refractivity contribution in [2.45, 2.75) is 25.2 Å². The SMILES string of the molecule is CCOc1cc(C(F)(F)F)ccc1C1=NC(c2ccc(Cl)cc2)C(c2ccc(Cl)cc2)N1S(=O)(=O)CCN1CCNC(=O)C1. The zero-order chi connectivity index (χ0) is 31.6. The summed E-state index contributed by atoms with van der Waals surface area (Å²) in [5, 5.41) is 3.62. The molecule has 2 atom stereocenters. The fraction of sp³-hybridized carbons (Fsp3) is 0.333. The summed E-state index contributed by atoms with van der Waals surface area (Å²) in [6.07, 6.45) is -4.65. The van der Waals surface area contributed by atoms with Gasteiger partial charge in [0.1, 0.15) is 17.6 Å². The first-order valence-electron chi connectivity index (χ1n) is 13.8. The first-order valence-corrected chi connectivity index (χ1v) is 16.2. The maximum absolute atomic E-state index is 14.4. The molecule has 2 heterocycles. The van der Waals surface area contributed by atoms with Gasteiger partial charge in [-0.1, -0.05) is 47.5 Å². The number of nitrogens with one attached hydrogen (secondary N) is 1. The van der Waals surface area contributed by atoms with Gasteiger partial charge < -0.3 is 10.1 Å². The van der Waals surface area contributed by atoms with Gasteiger partial charge in [-0.15, -0.1) is 0 Å². The fourth-order valence-corrected chi connectivity index (χ4v) is 7.22. The highest BCUT2D eigenvalue weighted by Gasteiger charge is 2.46. The van der Waals surface area contributed by atoms with Crippen LogP contribution in [0.25, 0.3) is 0 Å². The number of carbonyl (C=O) groups excluding carboxylic acids is 1. The molecule has 2 unspecified atom stereocenters.